The zero-order valence-corrected chi connectivity index (χ0v) is 16.1. The van der Waals surface area contributed by atoms with Crippen molar-refractivity contribution >= 4 is 0 Å². The lowest BCUT2D eigenvalue weighted by molar-refractivity contribution is 0.263. The zero-order valence-electron chi connectivity index (χ0n) is 16.1. The van der Waals surface area contributed by atoms with E-state index in [4.69, 9.17) is 9.47 Å². The number of hydrogen-bond donors (Lipinski definition) is 0. The van der Waals surface area contributed by atoms with Gasteiger partial charge in [-0.3, -0.25) is 0 Å². The molecule has 140 valence electrons. The van der Waals surface area contributed by atoms with Gasteiger partial charge in [-0.2, -0.15) is 0 Å². The first kappa shape index (κ1) is 20.0. The van der Waals surface area contributed by atoms with Crippen LogP contribution in [0.1, 0.15) is 76.7 Å². The minimum absolute atomic E-state index is 0.328. The number of allylic oxidation sites excluding steroid dienone is 2. The van der Waals surface area contributed by atoms with Crippen LogP contribution >= 0.6 is 0 Å². The summed E-state index contributed by atoms with van der Waals surface area (Å²) < 4.78 is 10.8. The summed E-state index contributed by atoms with van der Waals surface area (Å²) in [6.07, 6.45) is 19.6. The lowest BCUT2D eigenvalue weighted by Gasteiger charge is -2.05. The summed E-state index contributed by atoms with van der Waals surface area (Å²) in [4.78, 5) is 0. The lowest BCUT2D eigenvalue weighted by Crippen LogP contribution is -2.03. The third-order valence-corrected chi connectivity index (χ3v) is 4.74. The van der Waals surface area contributed by atoms with Gasteiger partial charge in [0.2, 0.25) is 0 Å². The summed E-state index contributed by atoms with van der Waals surface area (Å²) in [5.41, 5.74) is 1.41. The first-order chi connectivity index (χ1) is 12.4. The molecule has 1 heterocycles. The van der Waals surface area contributed by atoms with Crippen LogP contribution in [0.25, 0.3) is 0 Å². The van der Waals surface area contributed by atoms with E-state index < -0.39 is 0 Å². The lowest BCUT2D eigenvalue weighted by atomic mass is 10.1. The van der Waals surface area contributed by atoms with Gasteiger partial charge in [0.1, 0.15) is 18.5 Å². The fourth-order valence-electron chi connectivity index (χ4n) is 2.98. The second-order valence-corrected chi connectivity index (χ2v) is 7.18. The van der Waals surface area contributed by atoms with E-state index in [0.717, 1.165) is 18.8 Å². The molecule has 1 atom stereocenters. The minimum Gasteiger partial charge on any atom is -0.491 e. The molecule has 25 heavy (non-hydrogen) atoms. The van der Waals surface area contributed by atoms with Gasteiger partial charge in [0.05, 0.1) is 6.61 Å². The summed E-state index contributed by atoms with van der Waals surface area (Å²) in [6, 6.07) is 8.55. The van der Waals surface area contributed by atoms with E-state index in [1.807, 2.05) is 0 Å². The third-order valence-electron chi connectivity index (χ3n) is 4.74. The number of unbranched alkanes of at least 4 members (excludes halogenated alkanes) is 8. The standard InChI is InChI=1S/C23H36O2/c1-2-3-4-5-6-7-8-9-10-11-12-13-14-21-15-17-22(18-16-21)24-19-23-20-25-23/h9-10,15-18,23H,2-8,11-14,19-20H2,1H3/b10-9+. The molecule has 0 aromatic heterocycles. The Morgan fingerprint density at radius 2 is 1.56 bits per heavy atom. The van der Waals surface area contributed by atoms with Gasteiger partial charge in [-0.05, 0) is 56.2 Å². The van der Waals surface area contributed by atoms with Crippen LogP contribution in [0.3, 0.4) is 0 Å². The predicted octanol–water partition coefficient (Wildman–Crippen LogP) is 6.48. The molecule has 2 heteroatoms. The molecule has 2 nitrogen and oxygen atoms in total. The monoisotopic (exact) mass is 344 g/mol. The average Bonchev–Trinajstić information content (AvgIpc) is 3.46. The van der Waals surface area contributed by atoms with Gasteiger partial charge in [-0.1, -0.05) is 63.3 Å². The van der Waals surface area contributed by atoms with E-state index in [0.29, 0.717) is 12.7 Å². The maximum Gasteiger partial charge on any atom is 0.119 e. The van der Waals surface area contributed by atoms with Gasteiger partial charge in [0.25, 0.3) is 0 Å². The maximum absolute atomic E-state index is 5.67. The van der Waals surface area contributed by atoms with Gasteiger partial charge < -0.3 is 9.47 Å². The topological polar surface area (TPSA) is 21.8 Å². The number of ether oxygens (including phenoxy) is 2. The molecule has 1 aromatic carbocycles. The van der Waals surface area contributed by atoms with E-state index in [2.05, 4.69) is 43.3 Å². The molecule has 0 N–H and O–H groups in total. The number of benzene rings is 1. The number of aryl methyl sites for hydroxylation is 1. The molecule has 1 aromatic rings. The maximum atomic E-state index is 5.67. The molecular formula is C23H36O2. The molecule has 1 saturated heterocycles. The van der Waals surface area contributed by atoms with Crippen molar-refractivity contribution in [1.29, 1.82) is 0 Å². The SMILES string of the molecule is CCCCCCCC/C=C/CCCCc1ccc(OCC2CO2)cc1. The van der Waals surface area contributed by atoms with Gasteiger partial charge in [-0.25, -0.2) is 0 Å². The average molecular weight is 345 g/mol. The number of epoxide rings is 1. The van der Waals surface area contributed by atoms with Crippen molar-refractivity contribution in [3.05, 3.63) is 42.0 Å². The highest BCUT2D eigenvalue weighted by molar-refractivity contribution is 5.27. The summed E-state index contributed by atoms with van der Waals surface area (Å²) in [6.45, 7) is 3.81. The van der Waals surface area contributed by atoms with Crippen molar-refractivity contribution < 1.29 is 9.47 Å². The van der Waals surface area contributed by atoms with E-state index in [-0.39, 0.29) is 0 Å². The van der Waals surface area contributed by atoms with Gasteiger partial charge >= 0.3 is 0 Å². The van der Waals surface area contributed by atoms with Crippen molar-refractivity contribution in [3.8, 4) is 5.75 Å². The van der Waals surface area contributed by atoms with Crippen molar-refractivity contribution in [2.45, 2.75) is 83.7 Å². The highest BCUT2D eigenvalue weighted by atomic mass is 16.6. The fourth-order valence-corrected chi connectivity index (χ4v) is 2.98. The first-order valence-electron chi connectivity index (χ1n) is 10.4. The fraction of sp³-hybridized carbons (Fsp3) is 0.652. The second-order valence-electron chi connectivity index (χ2n) is 7.18. The Hall–Kier alpha value is -1.28. The van der Waals surface area contributed by atoms with Crippen molar-refractivity contribution in [1.82, 2.24) is 0 Å². The van der Waals surface area contributed by atoms with Crippen LogP contribution in [0.4, 0.5) is 0 Å². The molecule has 2 rings (SSSR count). The Kier molecular flexibility index (Phi) is 10.4. The van der Waals surface area contributed by atoms with E-state index in [1.54, 1.807) is 0 Å². The van der Waals surface area contributed by atoms with Crippen molar-refractivity contribution in [2.24, 2.45) is 0 Å². The number of rotatable bonds is 15. The molecular weight excluding hydrogens is 308 g/mol. The quantitative estimate of drug-likeness (QED) is 0.206. The van der Waals surface area contributed by atoms with Crippen LogP contribution in [0.15, 0.2) is 36.4 Å². The minimum atomic E-state index is 0.328. The molecule has 0 radical (unpaired) electrons. The molecule has 0 spiro atoms. The van der Waals surface area contributed by atoms with Gasteiger partial charge in [-0.15, -0.1) is 0 Å². The molecule has 1 fully saturated rings. The molecule has 1 aliphatic rings. The van der Waals surface area contributed by atoms with Crippen molar-refractivity contribution in [2.75, 3.05) is 13.2 Å². The molecule has 1 aliphatic heterocycles. The molecule has 1 unspecified atom stereocenters. The first-order valence-corrected chi connectivity index (χ1v) is 10.4. The Labute approximate surface area is 154 Å². The van der Waals surface area contributed by atoms with Gasteiger partial charge in [0, 0.05) is 0 Å². The highest BCUT2D eigenvalue weighted by Crippen LogP contribution is 2.17. The van der Waals surface area contributed by atoms with Crippen LogP contribution < -0.4 is 4.74 Å². The normalized spacial score (nSPS) is 16.4. The Morgan fingerprint density at radius 3 is 2.24 bits per heavy atom. The Balaban J connectivity index is 1.42. The molecule has 0 amide bonds. The summed E-state index contributed by atoms with van der Waals surface area (Å²) >= 11 is 0. The van der Waals surface area contributed by atoms with Crippen LogP contribution in [0.5, 0.6) is 5.75 Å². The summed E-state index contributed by atoms with van der Waals surface area (Å²) in [7, 11) is 0. The number of hydrogen-bond acceptors (Lipinski definition) is 2. The molecule has 0 aliphatic carbocycles. The summed E-state index contributed by atoms with van der Waals surface area (Å²) in [5, 5.41) is 0. The highest BCUT2D eigenvalue weighted by Gasteiger charge is 2.22. The second kappa shape index (κ2) is 13.0. The summed E-state index contributed by atoms with van der Waals surface area (Å²) in [5.74, 6) is 0.955. The third kappa shape index (κ3) is 10.3. The van der Waals surface area contributed by atoms with Gasteiger partial charge in [0.15, 0.2) is 0 Å². The van der Waals surface area contributed by atoms with Crippen LogP contribution in [0, 0.1) is 0 Å². The Bertz CT molecular complexity index is 459. The van der Waals surface area contributed by atoms with E-state index in [9.17, 15) is 0 Å². The van der Waals surface area contributed by atoms with E-state index >= 15 is 0 Å². The molecule has 0 bridgehead atoms. The molecule has 0 saturated carbocycles. The van der Waals surface area contributed by atoms with Crippen molar-refractivity contribution in [3.63, 3.8) is 0 Å². The zero-order chi connectivity index (χ0) is 17.6. The largest absolute Gasteiger partial charge is 0.491 e. The van der Waals surface area contributed by atoms with Crippen LogP contribution in [0.2, 0.25) is 0 Å². The predicted molar refractivity (Wildman–Crippen MR) is 106 cm³/mol. The van der Waals surface area contributed by atoms with Crippen LogP contribution in [-0.4, -0.2) is 19.3 Å². The smallest absolute Gasteiger partial charge is 0.119 e. The Morgan fingerprint density at radius 1 is 0.920 bits per heavy atom. The van der Waals surface area contributed by atoms with Crippen LogP contribution in [-0.2, 0) is 11.2 Å². The van der Waals surface area contributed by atoms with E-state index in [1.165, 1.54) is 69.8 Å².